The summed E-state index contributed by atoms with van der Waals surface area (Å²) in [6.07, 6.45) is 1.77. The van der Waals surface area contributed by atoms with Gasteiger partial charge in [0.2, 0.25) is 0 Å². The summed E-state index contributed by atoms with van der Waals surface area (Å²) in [4.78, 5) is 0. The highest BCUT2D eigenvalue weighted by molar-refractivity contribution is 6.47. The molecule has 0 saturated carbocycles. The summed E-state index contributed by atoms with van der Waals surface area (Å²) in [5, 5.41) is 17.9. The van der Waals surface area contributed by atoms with Gasteiger partial charge in [0.15, 0.2) is 0 Å². The SMILES string of the molecule is CC(C)(O)C(C)(C)O[B]c1ccc2[nH]ncc2c1. The number of aromatic amines is 1. The minimum absolute atomic E-state index is 0.654. The first-order valence-electron chi connectivity index (χ1n) is 5.96. The maximum Gasteiger partial charge on any atom is 0.330 e. The molecule has 1 aromatic carbocycles. The molecule has 2 rings (SSSR count). The molecule has 95 valence electrons. The van der Waals surface area contributed by atoms with Crippen molar-refractivity contribution >= 4 is 23.8 Å². The Morgan fingerprint density at radius 3 is 2.67 bits per heavy atom. The van der Waals surface area contributed by atoms with Gasteiger partial charge in [-0.25, -0.2) is 0 Å². The normalized spacial score (nSPS) is 12.9. The first-order chi connectivity index (χ1) is 8.29. The molecule has 0 unspecified atom stereocenters. The number of aliphatic hydroxyl groups is 1. The third-order valence-electron chi connectivity index (χ3n) is 3.43. The van der Waals surface area contributed by atoms with Crippen molar-refractivity contribution in [2.45, 2.75) is 38.9 Å². The average molecular weight is 245 g/mol. The highest BCUT2D eigenvalue weighted by atomic mass is 16.5. The molecule has 1 heterocycles. The number of hydrogen-bond acceptors (Lipinski definition) is 3. The van der Waals surface area contributed by atoms with Crippen LogP contribution in [0, 0.1) is 0 Å². The molecule has 4 nitrogen and oxygen atoms in total. The number of benzene rings is 1. The Bertz CT molecular complexity index is 543. The van der Waals surface area contributed by atoms with Gasteiger partial charge in [0, 0.05) is 5.39 Å². The lowest BCUT2D eigenvalue weighted by Gasteiger charge is -2.37. The molecular weight excluding hydrogens is 227 g/mol. The Labute approximate surface area is 108 Å². The zero-order chi connectivity index (χ0) is 13.4. The molecule has 0 aliphatic heterocycles. The molecule has 2 aromatic rings. The standard InChI is InChI=1S/C13H18BN2O2/c1-12(2,17)13(3,4)18-14-10-5-6-11-9(7-10)8-15-16-11/h5-8,17H,1-4H3,(H,15,16). The van der Waals surface area contributed by atoms with Gasteiger partial charge in [-0.3, -0.25) is 5.10 Å². The van der Waals surface area contributed by atoms with Crippen molar-refractivity contribution in [2.24, 2.45) is 0 Å². The third kappa shape index (κ3) is 2.57. The fourth-order valence-corrected chi connectivity index (χ4v) is 1.39. The van der Waals surface area contributed by atoms with E-state index in [0.717, 1.165) is 16.4 Å². The van der Waals surface area contributed by atoms with Crippen molar-refractivity contribution in [1.82, 2.24) is 10.2 Å². The van der Waals surface area contributed by atoms with Gasteiger partial charge in [0.1, 0.15) is 0 Å². The first-order valence-corrected chi connectivity index (χ1v) is 5.96. The van der Waals surface area contributed by atoms with E-state index in [1.54, 1.807) is 27.5 Å². The molecule has 0 saturated heterocycles. The number of rotatable bonds is 4. The number of H-pyrrole nitrogens is 1. The van der Waals surface area contributed by atoms with Crippen molar-refractivity contribution < 1.29 is 9.76 Å². The monoisotopic (exact) mass is 245 g/mol. The second-order valence-electron chi connectivity index (χ2n) is 5.52. The summed E-state index contributed by atoms with van der Waals surface area (Å²) in [6.45, 7) is 7.19. The maximum absolute atomic E-state index is 10.0. The van der Waals surface area contributed by atoms with Crippen LogP contribution in [-0.4, -0.2) is 34.0 Å². The highest BCUT2D eigenvalue weighted by Crippen LogP contribution is 2.24. The molecule has 5 heteroatoms. The quantitative estimate of drug-likeness (QED) is 0.800. The van der Waals surface area contributed by atoms with Gasteiger partial charge in [0.25, 0.3) is 0 Å². The van der Waals surface area contributed by atoms with Crippen LogP contribution in [0.25, 0.3) is 10.9 Å². The average Bonchev–Trinajstić information content (AvgIpc) is 2.71. The topological polar surface area (TPSA) is 58.1 Å². The molecular formula is C13H18BN2O2. The van der Waals surface area contributed by atoms with Crippen LogP contribution in [0.3, 0.4) is 0 Å². The van der Waals surface area contributed by atoms with Crippen LogP contribution in [0.5, 0.6) is 0 Å². The van der Waals surface area contributed by atoms with Crippen LogP contribution < -0.4 is 5.46 Å². The van der Waals surface area contributed by atoms with Gasteiger partial charge >= 0.3 is 7.48 Å². The Kier molecular flexibility index (Phi) is 3.21. The van der Waals surface area contributed by atoms with E-state index in [0.29, 0.717) is 0 Å². The molecule has 0 amide bonds. The van der Waals surface area contributed by atoms with Crippen molar-refractivity contribution in [1.29, 1.82) is 0 Å². The molecule has 1 aromatic heterocycles. The van der Waals surface area contributed by atoms with Gasteiger partial charge in [-0.1, -0.05) is 17.6 Å². The van der Waals surface area contributed by atoms with E-state index in [9.17, 15) is 5.11 Å². The van der Waals surface area contributed by atoms with Gasteiger partial charge in [-0.2, -0.15) is 5.10 Å². The number of fused-ring (bicyclic) bond motifs is 1. The fraction of sp³-hybridized carbons (Fsp3) is 0.462. The first kappa shape index (κ1) is 13.1. The maximum atomic E-state index is 10.0. The minimum atomic E-state index is -0.913. The van der Waals surface area contributed by atoms with Crippen LogP contribution in [0.15, 0.2) is 24.4 Å². The molecule has 2 N–H and O–H groups in total. The van der Waals surface area contributed by atoms with Crippen molar-refractivity contribution in [2.75, 3.05) is 0 Å². The molecule has 18 heavy (non-hydrogen) atoms. The predicted octanol–water partition coefficient (Wildman–Crippen LogP) is 1.37. The van der Waals surface area contributed by atoms with Gasteiger partial charge in [0.05, 0.1) is 22.9 Å². The molecule has 0 atom stereocenters. The molecule has 0 spiro atoms. The predicted molar refractivity (Wildman–Crippen MR) is 72.9 cm³/mol. The summed E-state index contributed by atoms with van der Waals surface area (Å²) in [5.41, 5.74) is 0.372. The van der Waals surface area contributed by atoms with Crippen LogP contribution in [-0.2, 0) is 4.65 Å². The highest BCUT2D eigenvalue weighted by Gasteiger charge is 2.35. The van der Waals surface area contributed by atoms with Crippen LogP contribution in [0.2, 0.25) is 0 Å². The zero-order valence-corrected chi connectivity index (χ0v) is 11.2. The summed E-state index contributed by atoms with van der Waals surface area (Å²) in [5.74, 6) is 0. The van der Waals surface area contributed by atoms with E-state index < -0.39 is 11.2 Å². The van der Waals surface area contributed by atoms with Crippen molar-refractivity contribution in [3.8, 4) is 0 Å². The number of aromatic nitrogens is 2. The minimum Gasteiger partial charge on any atom is -0.427 e. The largest absolute Gasteiger partial charge is 0.427 e. The van der Waals surface area contributed by atoms with Crippen LogP contribution in [0.1, 0.15) is 27.7 Å². The number of hydrogen-bond donors (Lipinski definition) is 2. The van der Waals surface area contributed by atoms with Gasteiger partial charge in [-0.05, 0) is 33.8 Å². The fourth-order valence-electron chi connectivity index (χ4n) is 1.39. The Morgan fingerprint density at radius 2 is 2.00 bits per heavy atom. The smallest absolute Gasteiger partial charge is 0.330 e. The molecule has 0 bridgehead atoms. The summed E-state index contributed by atoms with van der Waals surface area (Å²) in [7, 11) is 1.67. The van der Waals surface area contributed by atoms with Crippen molar-refractivity contribution in [3.05, 3.63) is 24.4 Å². The third-order valence-corrected chi connectivity index (χ3v) is 3.43. The van der Waals surface area contributed by atoms with E-state index in [1.807, 2.05) is 32.0 Å². The number of nitrogens with one attached hydrogen (secondary N) is 1. The molecule has 1 radical (unpaired) electrons. The molecule has 0 fully saturated rings. The van der Waals surface area contributed by atoms with E-state index in [4.69, 9.17) is 4.65 Å². The van der Waals surface area contributed by atoms with Gasteiger partial charge in [-0.15, -0.1) is 0 Å². The summed E-state index contributed by atoms with van der Waals surface area (Å²) < 4.78 is 5.70. The van der Waals surface area contributed by atoms with Crippen molar-refractivity contribution in [3.63, 3.8) is 0 Å². The summed E-state index contributed by atoms with van der Waals surface area (Å²) >= 11 is 0. The molecule has 0 aliphatic rings. The zero-order valence-electron chi connectivity index (χ0n) is 11.2. The lowest BCUT2D eigenvalue weighted by molar-refractivity contribution is -0.0893. The van der Waals surface area contributed by atoms with Crippen LogP contribution in [0.4, 0.5) is 0 Å². The van der Waals surface area contributed by atoms with Gasteiger partial charge < -0.3 is 9.76 Å². The lowest BCUT2D eigenvalue weighted by atomic mass is 9.82. The van der Waals surface area contributed by atoms with E-state index in [-0.39, 0.29) is 0 Å². The van der Waals surface area contributed by atoms with E-state index >= 15 is 0 Å². The van der Waals surface area contributed by atoms with E-state index in [2.05, 4.69) is 10.2 Å². The second-order valence-corrected chi connectivity index (χ2v) is 5.52. The number of nitrogens with zero attached hydrogens (tertiary/aromatic N) is 1. The Balaban J connectivity index is 2.10. The lowest BCUT2D eigenvalue weighted by Crippen LogP contribution is -2.49. The van der Waals surface area contributed by atoms with E-state index in [1.165, 1.54) is 0 Å². The Morgan fingerprint density at radius 1 is 1.28 bits per heavy atom. The second kappa shape index (κ2) is 4.41. The molecule has 0 aliphatic carbocycles. The summed E-state index contributed by atoms with van der Waals surface area (Å²) in [6, 6.07) is 5.88. The van der Waals surface area contributed by atoms with Crippen LogP contribution >= 0.6 is 0 Å². The Hall–Kier alpha value is -1.33.